The Hall–Kier alpha value is -5.61. The van der Waals surface area contributed by atoms with Gasteiger partial charge in [0.15, 0.2) is 0 Å². The lowest BCUT2D eigenvalue weighted by molar-refractivity contribution is 0.302. The van der Waals surface area contributed by atoms with Gasteiger partial charge in [-0.3, -0.25) is 0 Å². The van der Waals surface area contributed by atoms with Crippen molar-refractivity contribution >= 4 is 10.8 Å². The molecule has 0 fully saturated rings. The largest absolute Gasteiger partial charge is 0.489 e. The Morgan fingerprint density at radius 1 is 0.500 bits per heavy atom. The van der Waals surface area contributed by atoms with Gasteiger partial charge < -0.3 is 14.0 Å². The fourth-order valence-electron chi connectivity index (χ4n) is 5.89. The molecular weight excluding hydrogens is 540 g/mol. The van der Waals surface area contributed by atoms with E-state index in [-0.39, 0.29) is 0 Å². The molecule has 7 rings (SSSR count). The van der Waals surface area contributed by atoms with E-state index in [1.165, 1.54) is 0 Å². The van der Waals surface area contributed by atoms with Crippen LogP contribution in [0.2, 0.25) is 0 Å². The topological polar surface area (TPSA) is 36.3 Å². The van der Waals surface area contributed by atoms with Crippen LogP contribution in [0.1, 0.15) is 27.9 Å². The summed E-state index contributed by atoms with van der Waals surface area (Å²) in [6.07, 6.45) is 4.02. The molecule has 0 N–H and O–H groups in total. The van der Waals surface area contributed by atoms with E-state index >= 15 is 0 Å². The summed E-state index contributed by atoms with van der Waals surface area (Å²) in [5, 5.41) is 2.20. The predicted octanol–water partition coefficient (Wildman–Crippen LogP) is 9.03. The van der Waals surface area contributed by atoms with Crippen molar-refractivity contribution in [1.82, 2.24) is 9.55 Å². The molecule has 0 amide bonds. The molecule has 0 aliphatic heterocycles. The molecule has 1 heterocycles. The highest BCUT2D eigenvalue weighted by Crippen LogP contribution is 2.40. The number of ether oxygens (including phenoxy) is 2. The molecule has 6 aromatic carbocycles. The van der Waals surface area contributed by atoms with Gasteiger partial charge in [0.2, 0.25) is 0 Å². The minimum absolute atomic E-state index is 0.352. The van der Waals surface area contributed by atoms with Crippen molar-refractivity contribution in [2.45, 2.75) is 18.8 Å². The van der Waals surface area contributed by atoms with Crippen LogP contribution >= 0.6 is 0 Å². The molecule has 0 spiro atoms. The molecule has 1 aromatic heterocycles. The van der Waals surface area contributed by atoms with Crippen molar-refractivity contribution in [3.05, 3.63) is 198 Å². The number of fused-ring (bicyclic) bond motifs is 1. The van der Waals surface area contributed by atoms with Crippen LogP contribution in [0, 0.1) is 0 Å². The maximum Gasteiger partial charge on any atom is 0.132 e. The third-order valence-corrected chi connectivity index (χ3v) is 8.02. The lowest BCUT2D eigenvalue weighted by Gasteiger charge is -2.37. The van der Waals surface area contributed by atoms with E-state index in [2.05, 4.69) is 138 Å². The zero-order chi connectivity index (χ0) is 29.6. The summed E-state index contributed by atoms with van der Waals surface area (Å²) >= 11 is 0. The lowest BCUT2D eigenvalue weighted by Crippen LogP contribution is -2.36. The predicted molar refractivity (Wildman–Crippen MR) is 176 cm³/mol. The first kappa shape index (κ1) is 27.2. The molecule has 0 radical (unpaired) electrons. The van der Waals surface area contributed by atoms with E-state index in [0.717, 1.165) is 50.2 Å². The van der Waals surface area contributed by atoms with Gasteiger partial charge in [-0.15, -0.1) is 0 Å². The molecule has 0 saturated heterocycles. The van der Waals surface area contributed by atoms with Gasteiger partial charge in [-0.1, -0.05) is 133 Å². The van der Waals surface area contributed by atoms with Crippen LogP contribution in [-0.2, 0) is 18.8 Å². The van der Waals surface area contributed by atoms with E-state index in [9.17, 15) is 0 Å². The van der Waals surface area contributed by atoms with Crippen LogP contribution in [0.15, 0.2) is 170 Å². The normalized spacial score (nSPS) is 11.4. The molecule has 4 nitrogen and oxygen atoms in total. The van der Waals surface area contributed by atoms with E-state index in [1.54, 1.807) is 0 Å². The Bertz CT molecular complexity index is 1860. The van der Waals surface area contributed by atoms with Gasteiger partial charge in [0.1, 0.15) is 30.3 Å². The highest BCUT2D eigenvalue weighted by molar-refractivity contribution is 5.85. The summed E-state index contributed by atoms with van der Waals surface area (Å²) in [5.41, 5.74) is 4.86. The summed E-state index contributed by atoms with van der Waals surface area (Å²) in [6.45, 7) is 0.894. The first-order valence-electron chi connectivity index (χ1n) is 14.8. The minimum Gasteiger partial charge on any atom is -0.489 e. The standard InChI is InChI=1S/C40H32N2O2/c1-5-13-31(14-6-1)28-43-38-23-21-33-26-39(24-22-32(33)25-38)44-29-37-27-42(30-41-37)40(34-15-7-2-8-16-34,35-17-9-3-10-18-35)36-19-11-4-12-20-36/h1-27,30H,28-29H2. The SMILES string of the molecule is c1ccc(COc2ccc3cc(OCc4cn(C(c5ccccc5)(c5ccccc5)c5ccccc5)cn4)ccc3c2)cc1. The molecule has 0 atom stereocenters. The summed E-state index contributed by atoms with van der Waals surface area (Å²) < 4.78 is 14.5. The molecule has 4 heteroatoms. The van der Waals surface area contributed by atoms with Crippen molar-refractivity contribution in [2.75, 3.05) is 0 Å². The van der Waals surface area contributed by atoms with Crippen LogP contribution in [0.25, 0.3) is 10.8 Å². The number of benzene rings is 6. The molecular formula is C40H32N2O2. The third kappa shape index (κ3) is 5.46. The first-order chi connectivity index (χ1) is 21.8. The van der Waals surface area contributed by atoms with E-state index in [1.807, 2.05) is 36.7 Å². The quantitative estimate of drug-likeness (QED) is 0.153. The second kappa shape index (κ2) is 12.3. The molecule has 0 bridgehead atoms. The van der Waals surface area contributed by atoms with Gasteiger partial charge >= 0.3 is 0 Å². The first-order valence-corrected chi connectivity index (χ1v) is 14.8. The summed E-state index contributed by atoms with van der Waals surface area (Å²) in [5.74, 6) is 1.64. The van der Waals surface area contributed by atoms with Gasteiger partial charge in [0.25, 0.3) is 0 Å². The lowest BCUT2D eigenvalue weighted by atomic mass is 9.77. The minimum atomic E-state index is -0.599. The van der Waals surface area contributed by atoms with Gasteiger partial charge in [-0.2, -0.15) is 0 Å². The summed E-state index contributed by atoms with van der Waals surface area (Å²) in [6, 6.07) is 54.3. The summed E-state index contributed by atoms with van der Waals surface area (Å²) in [4.78, 5) is 4.81. The second-order valence-corrected chi connectivity index (χ2v) is 10.8. The maximum atomic E-state index is 6.27. The number of imidazole rings is 1. The monoisotopic (exact) mass is 572 g/mol. The molecule has 0 saturated carbocycles. The van der Waals surface area contributed by atoms with Crippen molar-refractivity contribution in [3.63, 3.8) is 0 Å². The maximum absolute atomic E-state index is 6.27. The number of nitrogens with zero attached hydrogens (tertiary/aromatic N) is 2. The fourth-order valence-corrected chi connectivity index (χ4v) is 5.89. The van der Waals surface area contributed by atoms with Crippen molar-refractivity contribution in [1.29, 1.82) is 0 Å². The molecule has 0 unspecified atom stereocenters. The average molecular weight is 573 g/mol. The highest BCUT2D eigenvalue weighted by Gasteiger charge is 2.38. The Morgan fingerprint density at radius 3 is 1.45 bits per heavy atom. The van der Waals surface area contributed by atoms with Gasteiger partial charge in [0.05, 0.1) is 12.0 Å². The second-order valence-electron chi connectivity index (χ2n) is 10.8. The number of rotatable bonds is 10. The van der Waals surface area contributed by atoms with E-state index in [4.69, 9.17) is 14.5 Å². The zero-order valence-corrected chi connectivity index (χ0v) is 24.3. The Balaban J connectivity index is 1.14. The molecule has 7 aromatic rings. The Morgan fingerprint density at radius 2 is 0.955 bits per heavy atom. The van der Waals surface area contributed by atoms with Gasteiger partial charge in [-0.05, 0) is 57.3 Å². The molecule has 0 aliphatic carbocycles. The smallest absolute Gasteiger partial charge is 0.132 e. The number of aromatic nitrogens is 2. The molecule has 214 valence electrons. The molecule has 0 aliphatic rings. The van der Waals surface area contributed by atoms with Crippen LogP contribution in [0.5, 0.6) is 11.5 Å². The fraction of sp³-hybridized carbons (Fsp3) is 0.0750. The van der Waals surface area contributed by atoms with E-state index in [0.29, 0.717) is 13.2 Å². The Kier molecular flexibility index (Phi) is 7.63. The van der Waals surface area contributed by atoms with Crippen LogP contribution in [0.3, 0.4) is 0 Å². The van der Waals surface area contributed by atoms with E-state index < -0.39 is 5.54 Å². The van der Waals surface area contributed by atoms with Crippen molar-refractivity contribution in [2.24, 2.45) is 0 Å². The zero-order valence-electron chi connectivity index (χ0n) is 24.3. The van der Waals surface area contributed by atoms with Crippen molar-refractivity contribution in [3.8, 4) is 11.5 Å². The van der Waals surface area contributed by atoms with Crippen LogP contribution in [-0.4, -0.2) is 9.55 Å². The van der Waals surface area contributed by atoms with Crippen molar-refractivity contribution < 1.29 is 9.47 Å². The van der Waals surface area contributed by atoms with Crippen LogP contribution < -0.4 is 9.47 Å². The third-order valence-electron chi connectivity index (χ3n) is 8.02. The average Bonchev–Trinajstić information content (AvgIpc) is 3.58. The number of hydrogen-bond donors (Lipinski definition) is 0. The molecule has 44 heavy (non-hydrogen) atoms. The number of hydrogen-bond acceptors (Lipinski definition) is 3. The van der Waals surface area contributed by atoms with Gasteiger partial charge in [0, 0.05) is 6.20 Å². The Labute approximate surface area is 257 Å². The highest BCUT2D eigenvalue weighted by atomic mass is 16.5. The van der Waals surface area contributed by atoms with Gasteiger partial charge in [-0.25, -0.2) is 4.98 Å². The summed E-state index contributed by atoms with van der Waals surface area (Å²) in [7, 11) is 0. The van der Waals surface area contributed by atoms with Crippen LogP contribution in [0.4, 0.5) is 0 Å².